The van der Waals surface area contributed by atoms with Crippen LogP contribution in [-0.2, 0) is 16.1 Å². The molecule has 0 radical (unpaired) electrons. The van der Waals surface area contributed by atoms with E-state index in [9.17, 15) is 0 Å². The van der Waals surface area contributed by atoms with Crippen LogP contribution in [0.3, 0.4) is 0 Å². The molecule has 1 aliphatic heterocycles. The second-order valence-electron chi connectivity index (χ2n) is 5.03. The van der Waals surface area contributed by atoms with Crippen LogP contribution in [-0.4, -0.2) is 18.8 Å². The monoisotopic (exact) mass is 252 g/mol. The summed E-state index contributed by atoms with van der Waals surface area (Å²) in [7, 11) is 0. The summed E-state index contributed by atoms with van der Waals surface area (Å²) in [6.07, 6.45) is 4.79. The van der Waals surface area contributed by atoms with Crippen molar-refractivity contribution >= 4 is 11.6 Å². The van der Waals surface area contributed by atoms with Crippen LogP contribution in [0.5, 0.6) is 0 Å². The Balaban J connectivity index is 1.41. The zero-order valence-electron chi connectivity index (χ0n) is 9.77. The third-order valence-electron chi connectivity index (χ3n) is 3.65. The normalized spacial score (nSPS) is 31.0. The van der Waals surface area contributed by atoms with Gasteiger partial charge in [0.2, 0.25) is 0 Å². The molecular formula is C14H17ClO2. The smallest absolute Gasteiger partial charge is 0.0845 e. The van der Waals surface area contributed by atoms with Gasteiger partial charge in [-0.2, -0.15) is 0 Å². The van der Waals surface area contributed by atoms with E-state index in [2.05, 4.69) is 0 Å². The van der Waals surface area contributed by atoms with Crippen LogP contribution in [0.1, 0.15) is 24.8 Å². The SMILES string of the molecule is Clc1ccc(COCC2CCC3OC3C2)cc1. The van der Waals surface area contributed by atoms with Crippen LogP contribution < -0.4 is 0 Å². The molecule has 2 aliphatic rings. The number of hydrogen-bond acceptors (Lipinski definition) is 2. The van der Waals surface area contributed by atoms with Gasteiger partial charge in [-0.25, -0.2) is 0 Å². The van der Waals surface area contributed by atoms with Crippen LogP contribution in [0.25, 0.3) is 0 Å². The summed E-state index contributed by atoms with van der Waals surface area (Å²) in [6.45, 7) is 1.54. The quantitative estimate of drug-likeness (QED) is 0.766. The maximum Gasteiger partial charge on any atom is 0.0845 e. The van der Waals surface area contributed by atoms with Crippen molar-refractivity contribution in [1.82, 2.24) is 0 Å². The largest absolute Gasteiger partial charge is 0.376 e. The van der Waals surface area contributed by atoms with Crippen molar-refractivity contribution < 1.29 is 9.47 Å². The lowest BCUT2D eigenvalue weighted by molar-refractivity contribution is 0.0765. The highest BCUT2D eigenvalue weighted by Crippen LogP contribution is 2.39. The molecule has 92 valence electrons. The van der Waals surface area contributed by atoms with Gasteiger partial charge < -0.3 is 9.47 Å². The number of halogens is 1. The van der Waals surface area contributed by atoms with Crippen molar-refractivity contribution in [3.8, 4) is 0 Å². The predicted molar refractivity (Wildman–Crippen MR) is 67.1 cm³/mol. The second kappa shape index (κ2) is 4.97. The van der Waals surface area contributed by atoms with Gasteiger partial charge in [-0.1, -0.05) is 23.7 Å². The van der Waals surface area contributed by atoms with Gasteiger partial charge in [0.15, 0.2) is 0 Å². The van der Waals surface area contributed by atoms with Gasteiger partial charge in [0.05, 0.1) is 18.8 Å². The molecule has 0 N–H and O–H groups in total. The number of rotatable bonds is 4. The Kier molecular flexibility index (Phi) is 3.37. The average Bonchev–Trinajstić information content (AvgIpc) is 3.10. The molecule has 1 saturated carbocycles. The summed E-state index contributed by atoms with van der Waals surface area (Å²) in [5, 5.41) is 0.776. The highest BCUT2D eigenvalue weighted by molar-refractivity contribution is 6.30. The lowest BCUT2D eigenvalue weighted by Crippen LogP contribution is -2.18. The van der Waals surface area contributed by atoms with E-state index < -0.39 is 0 Å². The molecule has 1 heterocycles. The van der Waals surface area contributed by atoms with Crippen molar-refractivity contribution in [2.75, 3.05) is 6.61 Å². The van der Waals surface area contributed by atoms with E-state index in [-0.39, 0.29) is 0 Å². The summed E-state index contributed by atoms with van der Waals surface area (Å²) < 4.78 is 11.3. The van der Waals surface area contributed by atoms with Gasteiger partial charge in [0.1, 0.15) is 0 Å². The van der Waals surface area contributed by atoms with Crippen LogP contribution in [0.4, 0.5) is 0 Å². The zero-order chi connectivity index (χ0) is 11.7. The fraction of sp³-hybridized carbons (Fsp3) is 0.571. The molecule has 3 rings (SSSR count). The van der Waals surface area contributed by atoms with E-state index in [0.29, 0.717) is 24.7 Å². The first kappa shape index (κ1) is 11.5. The van der Waals surface area contributed by atoms with Gasteiger partial charge in [0.25, 0.3) is 0 Å². The van der Waals surface area contributed by atoms with Gasteiger partial charge in [-0.15, -0.1) is 0 Å². The van der Waals surface area contributed by atoms with E-state index in [4.69, 9.17) is 21.1 Å². The van der Waals surface area contributed by atoms with E-state index in [0.717, 1.165) is 11.6 Å². The highest BCUT2D eigenvalue weighted by atomic mass is 35.5. The van der Waals surface area contributed by atoms with Crippen LogP contribution >= 0.6 is 11.6 Å². The van der Waals surface area contributed by atoms with E-state index in [1.807, 2.05) is 24.3 Å². The molecule has 2 nitrogen and oxygen atoms in total. The van der Waals surface area contributed by atoms with Gasteiger partial charge in [0, 0.05) is 11.6 Å². The molecule has 1 aromatic carbocycles. The first-order valence-corrected chi connectivity index (χ1v) is 6.67. The average molecular weight is 253 g/mol. The Morgan fingerprint density at radius 2 is 2.00 bits per heavy atom. The van der Waals surface area contributed by atoms with Crippen molar-refractivity contribution in [2.24, 2.45) is 5.92 Å². The lowest BCUT2D eigenvalue weighted by atomic mass is 9.90. The van der Waals surface area contributed by atoms with Crippen LogP contribution in [0, 0.1) is 5.92 Å². The minimum absolute atomic E-state index is 0.549. The Labute approximate surface area is 107 Å². The molecule has 17 heavy (non-hydrogen) atoms. The zero-order valence-corrected chi connectivity index (χ0v) is 10.5. The van der Waals surface area contributed by atoms with Crippen molar-refractivity contribution in [1.29, 1.82) is 0 Å². The van der Waals surface area contributed by atoms with Gasteiger partial charge >= 0.3 is 0 Å². The number of benzene rings is 1. The number of hydrogen-bond donors (Lipinski definition) is 0. The number of ether oxygens (including phenoxy) is 2. The fourth-order valence-electron chi connectivity index (χ4n) is 2.56. The van der Waals surface area contributed by atoms with E-state index in [1.165, 1.54) is 24.8 Å². The number of fused-ring (bicyclic) bond motifs is 1. The Morgan fingerprint density at radius 3 is 2.76 bits per heavy atom. The summed E-state index contributed by atoms with van der Waals surface area (Å²) in [5.41, 5.74) is 1.19. The maximum atomic E-state index is 5.83. The van der Waals surface area contributed by atoms with Crippen molar-refractivity contribution in [2.45, 2.75) is 38.1 Å². The lowest BCUT2D eigenvalue weighted by Gasteiger charge is -2.18. The second-order valence-corrected chi connectivity index (χ2v) is 5.47. The molecule has 0 aromatic heterocycles. The molecular weight excluding hydrogens is 236 g/mol. The maximum absolute atomic E-state index is 5.83. The minimum Gasteiger partial charge on any atom is -0.376 e. The summed E-state index contributed by atoms with van der Waals surface area (Å²) >= 11 is 5.83. The van der Waals surface area contributed by atoms with E-state index >= 15 is 0 Å². The fourth-order valence-corrected chi connectivity index (χ4v) is 2.69. The summed E-state index contributed by atoms with van der Waals surface area (Å²) in [4.78, 5) is 0. The molecule has 3 unspecified atom stereocenters. The molecule has 0 amide bonds. The first-order chi connectivity index (χ1) is 8.31. The molecule has 1 aliphatic carbocycles. The van der Waals surface area contributed by atoms with Crippen molar-refractivity contribution in [3.63, 3.8) is 0 Å². The highest BCUT2D eigenvalue weighted by Gasteiger charge is 2.43. The standard InChI is InChI=1S/C14H17ClO2/c15-12-4-1-10(2-5-12)8-16-9-11-3-6-13-14(7-11)17-13/h1-2,4-5,11,13-14H,3,6-9H2. The first-order valence-electron chi connectivity index (χ1n) is 6.29. The summed E-state index contributed by atoms with van der Waals surface area (Å²) in [6, 6.07) is 7.85. The molecule has 1 saturated heterocycles. The predicted octanol–water partition coefficient (Wildman–Crippen LogP) is 3.42. The summed E-state index contributed by atoms with van der Waals surface area (Å²) in [5.74, 6) is 0.686. The van der Waals surface area contributed by atoms with Crippen LogP contribution in [0.15, 0.2) is 24.3 Å². The molecule has 0 spiro atoms. The van der Waals surface area contributed by atoms with Crippen molar-refractivity contribution in [3.05, 3.63) is 34.9 Å². The Hall–Kier alpha value is -0.570. The number of epoxide rings is 1. The van der Waals surface area contributed by atoms with Gasteiger partial charge in [-0.05, 0) is 42.9 Å². The molecule has 3 atom stereocenters. The molecule has 3 heteroatoms. The third-order valence-corrected chi connectivity index (χ3v) is 3.90. The Bertz CT molecular complexity index is 376. The minimum atomic E-state index is 0.549. The molecule has 0 bridgehead atoms. The van der Waals surface area contributed by atoms with E-state index in [1.54, 1.807) is 0 Å². The Morgan fingerprint density at radius 1 is 1.18 bits per heavy atom. The third kappa shape index (κ3) is 3.01. The molecule has 1 aromatic rings. The molecule has 2 fully saturated rings. The van der Waals surface area contributed by atoms with Crippen LogP contribution in [0.2, 0.25) is 5.02 Å². The van der Waals surface area contributed by atoms with Gasteiger partial charge in [-0.3, -0.25) is 0 Å². The topological polar surface area (TPSA) is 21.8 Å².